The van der Waals surface area contributed by atoms with Gasteiger partial charge < -0.3 is 9.47 Å². The van der Waals surface area contributed by atoms with E-state index < -0.39 is 0 Å². The standard InChI is InChI=1S/C16H23ClO3/c1-4-19-15(18)8-6-5-7-9-20-14-10-12(2)16(17)13(3)11-14/h10-11H,4-9H2,1-3H3. The van der Waals surface area contributed by atoms with Gasteiger partial charge in [-0.05, 0) is 63.3 Å². The number of rotatable bonds is 8. The molecule has 0 aliphatic heterocycles. The number of unbranched alkanes of at least 4 members (excludes halogenated alkanes) is 2. The van der Waals surface area contributed by atoms with Crippen LogP contribution in [-0.2, 0) is 9.53 Å². The van der Waals surface area contributed by atoms with E-state index in [0.717, 1.165) is 41.2 Å². The second-order valence-electron chi connectivity index (χ2n) is 4.84. The fourth-order valence-corrected chi connectivity index (χ4v) is 2.07. The molecule has 0 aromatic heterocycles. The number of esters is 1. The van der Waals surface area contributed by atoms with Crippen LogP contribution in [0.25, 0.3) is 0 Å². The highest BCUT2D eigenvalue weighted by Gasteiger charge is 2.04. The van der Waals surface area contributed by atoms with E-state index >= 15 is 0 Å². The molecule has 0 aliphatic carbocycles. The van der Waals surface area contributed by atoms with Gasteiger partial charge in [-0.3, -0.25) is 4.79 Å². The van der Waals surface area contributed by atoms with Crippen molar-refractivity contribution in [1.29, 1.82) is 0 Å². The first-order valence-corrected chi connectivity index (χ1v) is 7.47. The van der Waals surface area contributed by atoms with Gasteiger partial charge in [-0.1, -0.05) is 11.6 Å². The molecule has 1 aromatic rings. The van der Waals surface area contributed by atoms with Crippen molar-refractivity contribution in [3.63, 3.8) is 0 Å². The van der Waals surface area contributed by atoms with Crippen LogP contribution in [0.2, 0.25) is 5.02 Å². The topological polar surface area (TPSA) is 35.5 Å². The van der Waals surface area contributed by atoms with Crippen LogP contribution < -0.4 is 4.74 Å². The lowest BCUT2D eigenvalue weighted by Gasteiger charge is -2.10. The molecule has 0 N–H and O–H groups in total. The molecule has 0 amide bonds. The molecule has 0 radical (unpaired) electrons. The number of aryl methyl sites for hydroxylation is 2. The number of ether oxygens (including phenoxy) is 2. The third-order valence-electron chi connectivity index (χ3n) is 3.01. The highest BCUT2D eigenvalue weighted by Crippen LogP contribution is 2.25. The molecule has 0 atom stereocenters. The molecular formula is C16H23ClO3. The molecule has 3 nitrogen and oxygen atoms in total. The quantitative estimate of drug-likeness (QED) is 0.525. The third-order valence-corrected chi connectivity index (χ3v) is 3.61. The first-order valence-electron chi connectivity index (χ1n) is 7.09. The normalized spacial score (nSPS) is 10.4. The van der Waals surface area contributed by atoms with Crippen molar-refractivity contribution >= 4 is 17.6 Å². The van der Waals surface area contributed by atoms with E-state index in [1.807, 2.05) is 32.9 Å². The van der Waals surface area contributed by atoms with Gasteiger partial charge in [0.2, 0.25) is 0 Å². The number of hydrogen-bond acceptors (Lipinski definition) is 3. The predicted molar refractivity (Wildman–Crippen MR) is 81.5 cm³/mol. The van der Waals surface area contributed by atoms with Gasteiger partial charge in [-0.15, -0.1) is 0 Å². The Morgan fingerprint density at radius 3 is 2.40 bits per heavy atom. The summed E-state index contributed by atoms with van der Waals surface area (Å²) in [5.41, 5.74) is 2.06. The molecule has 1 rings (SSSR count). The maximum Gasteiger partial charge on any atom is 0.305 e. The van der Waals surface area contributed by atoms with Gasteiger partial charge in [-0.2, -0.15) is 0 Å². The Kier molecular flexibility index (Phi) is 7.45. The molecular weight excluding hydrogens is 276 g/mol. The lowest BCUT2D eigenvalue weighted by Crippen LogP contribution is -2.04. The molecule has 0 fully saturated rings. The van der Waals surface area contributed by atoms with Crippen molar-refractivity contribution < 1.29 is 14.3 Å². The number of carbonyl (C=O) groups is 1. The summed E-state index contributed by atoms with van der Waals surface area (Å²) in [6.07, 6.45) is 3.23. The molecule has 20 heavy (non-hydrogen) atoms. The van der Waals surface area contributed by atoms with Crippen molar-refractivity contribution in [2.24, 2.45) is 0 Å². The van der Waals surface area contributed by atoms with Gasteiger partial charge in [0.05, 0.1) is 13.2 Å². The SMILES string of the molecule is CCOC(=O)CCCCCOc1cc(C)c(Cl)c(C)c1. The summed E-state index contributed by atoms with van der Waals surface area (Å²) in [5.74, 6) is 0.743. The van der Waals surface area contributed by atoms with E-state index in [9.17, 15) is 4.79 Å². The van der Waals surface area contributed by atoms with Crippen LogP contribution >= 0.6 is 11.6 Å². The number of benzene rings is 1. The smallest absolute Gasteiger partial charge is 0.305 e. The molecule has 0 spiro atoms. The van der Waals surface area contributed by atoms with Gasteiger partial charge in [0.25, 0.3) is 0 Å². The summed E-state index contributed by atoms with van der Waals surface area (Å²) in [5, 5.41) is 0.798. The molecule has 0 bridgehead atoms. The van der Waals surface area contributed by atoms with E-state index in [1.54, 1.807) is 0 Å². The largest absolute Gasteiger partial charge is 0.494 e. The number of halogens is 1. The monoisotopic (exact) mass is 298 g/mol. The zero-order valence-electron chi connectivity index (χ0n) is 12.5. The van der Waals surface area contributed by atoms with Gasteiger partial charge >= 0.3 is 5.97 Å². The summed E-state index contributed by atoms with van der Waals surface area (Å²) in [7, 11) is 0. The molecule has 0 heterocycles. The molecule has 0 saturated heterocycles. The minimum absolute atomic E-state index is 0.114. The van der Waals surface area contributed by atoms with Gasteiger partial charge in [0, 0.05) is 11.4 Å². The summed E-state index contributed by atoms with van der Waals surface area (Å²) in [6, 6.07) is 3.90. The van der Waals surface area contributed by atoms with Crippen LogP contribution in [0.1, 0.15) is 43.7 Å². The first-order chi connectivity index (χ1) is 9.54. The number of hydrogen-bond donors (Lipinski definition) is 0. The Labute approximate surface area is 126 Å². The second-order valence-corrected chi connectivity index (χ2v) is 5.21. The third kappa shape index (κ3) is 5.83. The van der Waals surface area contributed by atoms with Crippen LogP contribution in [0.4, 0.5) is 0 Å². The lowest BCUT2D eigenvalue weighted by atomic mass is 10.1. The molecule has 0 unspecified atom stereocenters. The molecule has 0 saturated carbocycles. The summed E-state index contributed by atoms with van der Waals surface area (Å²) >= 11 is 6.11. The Hall–Kier alpha value is -1.22. The fraction of sp³-hybridized carbons (Fsp3) is 0.562. The van der Waals surface area contributed by atoms with Gasteiger partial charge in [-0.25, -0.2) is 0 Å². The molecule has 112 valence electrons. The van der Waals surface area contributed by atoms with Gasteiger partial charge in [0.1, 0.15) is 5.75 Å². The van der Waals surface area contributed by atoms with Crippen molar-refractivity contribution in [1.82, 2.24) is 0 Å². The summed E-state index contributed by atoms with van der Waals surface area (Å²) in [6.45, 7) is 6.88. The average molecular weight is 299 g/mol. The lowest BCUT2D eigenvalue weighted by molar-refractivity contribution is -0.143. The van der Waals surface area contributed by atoms with Gasteiger partial charge in [0.15, 0.2) is 0 Å². The summed E-state index contributed by atoms with van der Waals surface area (Å²) in [4.78, 5) is 11.1. The number of carbonyl (C=O) groups excluding carboxylic acids is 1. The zero-order chi connectivity index (χ0) is 15.0. The average Bonchev–Trinajstić information content (AvgIpc) is 2.40. The van der Waals surface area contributed by atoms with Crippen molar-refractivity contribution in [3.8, 4) is 5.75 Å². The van der Waals surface area contributed by atoms with Crippen LogP contribution in [0.3, 0.4) is 0 Å². The maximum atomic E-state index is 11.1. The maximum absolute atomic E-state index is 11.1. The van der Waals surface area contributed by atoms with Crippen LogP contribution in [0, 0.1) is 13.8 Å². The van der Waals surface area contributed by atoms with Crippen LogP contribution in [0.5, 0.6) is 5.75 Å². The van der Waals surface area contributed by atoms with E-state index in [4.69, 9.17) is 21.1 Å². The Morgan fingerprint density at radius 1 is 1.15 bits per heavy atom. The van der Waals surface area contributed by atoms with Crippen molar-refractivity contribution in [2.75, 3.05) is 13.2 Å². The Bertz CT molecular complexity index is 420. The fourth-order valence-electron chi connectivity index (χ4n) is 1.96. The zero-order valence-corrected chi connectivity index (χ0v) is 13.3. The molecule has 4 heteroatoms. The Morgan fingerprint density at radius 2 is 1.80 bits per heavy atom. The van der Waals surface area contributed by atoms with E-state index in [2.05, 4.69) is 0 Å². The predicted octanol–water partition coefficient (Wildman–Crippen LogP) is 4.46. The van der Waals surface area contributed by atoms with Crippen LogP contribution in [-0.4, -0.2) is 19.2 Å². The Balaban J connectivity index is 2.20. The van der Waals surface area contributed by atoms with Crippen molar-refractivity contribution in [3.05, 3.63) is 28.3 Å². The minimum Gasteiger partial charge on any atom is -0.494 e. The first kappa shape index (κ1) is 16.8. The van der Waals surface area contributed by atoms with Crippen LogP contribution in [0.15, 0.2) is 12.1 Å². The highest BCUT2D eigenvalue weighted by atomic mass is 35.5. The van der Waals surface area contributed by atoms with E-state index in [1.165, 1.54) is 0 Å². The highest BCUT2D eigenvalue weighted by molar-refractivity contribution is 6.32. The summed E-state index contributed by atoms with van der Waals surface area (Å²) < 4.78 is 10.6. The molecule has 1 aromatic carbocycles. The molecule has 0 aliphatic rings. The van der Waals surface area contributed by atoms with E-state index in [0.29, 0.717) is 19.6 Å². The second kappa shape index (κ2) is 8.85. The minimum atomic E-state index is -0.114. The van der Waals surface area contributed by atoms with E-state index in [-0.39, 0.29) is 5.97 Å². The van der Waals surface area contributed by atoms with Crippen molar-refractivity contribution in [2.45, 2.75) is 46.5 Å².